The standard InChI is InChI=1S/C10H13N3OS/c1-2-9(14)12-13-10(15)11-8-6-4-3-5-7-8/h3-7H,2H2,1H3,(H,12,14)(H2,11,13,15). The highest BCUT2D eigenvalue weighted by atomic mass is 32.1. The quantitative estimate of drug-likeness (QED) is 0.524. The van der Waals surface area contributed by atoms with E-state index in [4.69, 9.17) is 12.2 Å². The van der Waals surface area contributed by atoms with Crippen molar-refractivity contribution < 1.29 is 4.79 Å². The lowest BCUT2D eigenvalue weighted by Gasteiger charge is -2.10. The number of carbonyl (C=O) groups is 1. The molecular formula is C10H13N3OS. The maximum Gasteiger partial charge on any atom is 0.238 e. The molecule has 0 aliphatic heterocycles. The summed E-state index contributed by atoms with van der Waals surface area (Å²) in [4.78, 5) is 10.9. The number of carbonyl (C=O) groups excluding carboxylic acids is 1. The summed E-state index contributed by atoms with van der Waals surface area (Å²) >= 11 is 4.97. The van der Waals surface area contributed by atoms with Gasteiger partial charge in [0.15, 0.2) is 5.11 Å². The van der Waals surface area contributed by atoms with Crippen LogP contribution in [-0.2, 0) is 4.79 Å². The van der Waals surface area contributed by atoms with E-state index >= 15 is 0 Å². The molecule has 4 nitrogen and oxygen atoms in total. The van der Waals surface area contributed by atoms with Gasteiger partial charge in [-0.2, -0.15) is 0 Å². The molecule has 0 radical (unpaired) electrons. The first kappa shape index (κ1) is 11.5. The Labute approximate surface area is 94.0 Å². The van der Waals surface area contributed by atoms with Crippen molar-refractivity contribution in [1.29, 1.82) is 0 Å². The van der Waals surface area contributed by atoms with Gasteiger partial charge in [-0.15, -0.1) is 0 Å². The lowest BCUT2D eigenvalue weighted by Crippen LogP contribution is -2.43. The number of nitrogens with one attached hydrogen (secondary N) is 3. The van der Waals surface area contributed by atoms with Gasteiger partial charge in [0.1, 0.15) is 0 Å². The largest absolute Gasteiger partial charge is 0.331 e. The van der Waals surface area contributed by atoms with Gasteiger partial charge in [-0.1, -0.05) is 25.1 Å². The number of hydrogen-bond donors (Lipinski definition) is 3. The Kier molecular flexibility index (Phi) is 4.56. The lowest BCUT2D eigenvalue weighted by atomic mass is 10.3. The van der Waals surface area contributed by atoms with Gasteiger partial charge in [-0.25, -0.2) is 0 Å². The molecule has 3 N–H and O–H groups in total. The van der Waals surface area contributed by atoms with Crippen LogP contribution in [0.5, 0.6) is 0 Å². The van der Waals surface area contributed by atoms with Crippen LogP contribution in [0.15, 0.2) is 30.3 Å². The van der Waals surface area contributed by atoms with Crippen molar-refractivity contribution in [3.8, 4) is 0 Å². The molecule has 0 saturated heterocycles. The molecule has 80 valence electrons. The minimum atomic E-state index is -0.104. The molecule has 0 heterocycles. The molecule has 0 atom stereocenters. The molecule has 0 aliphatic carbocycles. The highest BCUT2D eigenvalue weighted by molar-refractivity contribution is 7.80. The predicted octanol–water partition coefficient (Wildman–Crippen LogP) is 1.41. The minimum Gasteiger partial charge on any atom is -0.331 e. The van der Waals surface area contributed by atoms with Crippen LogP contribution >= 0.6 is 12.2 Å². The molecule has 0 aromatic heterocycles. The second kappa shape index (κ2) is 5.98. The molecule has 1 aromatic carbocycles. The first-order chi connectivity index (χ1) is 7.22. The summed E-state index contributed by atoms with van der Waals surface area (Å²) in [6, 6.07) is 9.48. The Morgan fingerprint density at radius 1 is 1.27 bits per heavy atom. The molecule has 0 aliphatic rings. The fourth-order valence-electron chi connectivity index (χ4n) is 0.899. The van der Waals surface area contributed by atoms with E-state index in [9.17, 15) is 4.79 Å². The van der Waals surface area contributed by atoms with E-state index in [0.717, 1.165) is 5.69 Å². The van der Waals surface area contributed by atoms with Gasteiger partial charge in [0.25, 0.3) is 0 Å². The zero-order chi connectivity index (χ0) is 11.1. The topological polar surface area (TPSA) is 53.2 Å². The van der Waals surface area contributed by atoms with Crippen LogP contribution < -0.4 is 16.2 Å². The molecule has 15 heavy (non-hydrogen) atoms. The summed E-state index contributed by atoms with van der Waals surface area (Å²) in [7, 11) is 0. The lowest BCUT2D eigenvalue weighted by molar-refractivity contribution is -0.121. The summed E-state index contributed by atoms with van der Waals surface area (Å²) < 4.78 is 0. The van der Waals surface area contributed by atoms with Gasteiger partial charge in [-0.05, 0) is 24.4 Å². The molecule has 5 heteroatoms. The van der Waals surface area contributed by atoms with Crippen molar-refractivity contribution in [2.75, 3.05) is 5.32 Å². The zero-order valence-corrected chi connectivity index (χ0v) is 9.23. The number of anilines is 1. The monoisotopic (exact) mass is 223 g/mol. The number of hydrogen-bond acceptors (Lipinski definition) is 2. The Morgan fingerprint density at radius 2 is 1.93 bits per heavy atom. The molecule has 1 amide bonds. The summed E-state index contributed by atoms with van der Waals surface area (Å²) in [5.74, 6) is -0.104. The van der Waals surface area contributed by atoms with Crippen LogP contribution in [-0.4, -0.2) is 11.0 Å². The molecule has 1 aromatic rings. The van der Waals surface area contributed by atoms with Gasteiger partial charge in [-0.3, -0.25) is 15.6 Å². The number of rotatable bonds is 2. The van der Waals surface area contributed by atoms with Crippen molar-refractivity contribution in [2.24, 2.45) is 0 Å². The van der Waals surface area contributed by atoms with Crippen LogP contribution in [0.3, 0.4) is 0 Å². The first-order valence-corrected chi connectivity index (χ1v) is 5.04. The van der Waals surface area contributed by atoms with Crippen molar-refractivity contribution in [2.45, 2.75) is 13.3 Å². The highest BCUT2D eigenvalue weighted by Crippen LogP contribution is 2.03. The number of benzene rings is 1. The SMILES string of the molecule is CCC(=O)NNC(=S)Nc1ccccc1. The van der Waals surface area contributed by atoms with E-state index in [0.29, 0.717) is 11.5 Å². The number of amides is 1. The Morgan fingerprint density at radius 3 is 2.53 bits per heavy atom. The van der Waals surface area contributed by atoms with Gasteiger partial charge in [0, 0.05) is 12.1 Å². The molecule has 0 spiro atoms. The molecule has 1 rings (SSSR count). The van der Waals surface area contributed by atoms with Gasteiger partial charge < -0.3 is 5.32 Å². The van der Waals surface area contributed by atoms with E-state index in [1.54, 1.807) is 6.92 Å². The van der Waals surface area contributed by atoms with E-state index in [1.807, 2.05) is 30.3 Å². The maximum atomic E-state index is 10.9. The van der Waals surface area contributed by atoms with Crippen LogP contribution in [0.1, 0.15) is 13.3 Å². The van der Waals surface area contributed by atoms with E-state index < -0.39 is 0 Å². The van der Waals surface area contributed by atoms with E-state index in [2.05, 4.69) is 16.2 Å². The summed E-state index contributed by atoms with van der Waals surface area (Å²) in [5, 5.41) is 3.29. The van der Waals surface area contributed by atoms with Crippen LogP contribution in [0.25, 0.3) is 0 Å². The molecular weight excluding hydrogens is 210 g/mol. The fourth-order valence-corrected chi connectivity index (χ4v) is 1.07. The maximum absolute atomic E-state index is 10.9. The molecule has 0 unspecified atom stereocenters. The Hall–Kier alpha value is -1.62. The second-order valence-electron chi connectivity index (χ2n) is 2.85. The Balaban J connectivity index is 2.34. The molecule has 0 bridgehead atoms. The zero-order valence-electron chi connectivity index (χ0n) is 8.41. The molecule has 0 fully saturated rings. The smallest absolute Gasteiger partial charge is 0.238 e. The van der Waals surface area contributed by atoms with Crippen molar-refractivity contribution in [3.63, 3.8) is 0 Å². The third-order valence-corrected chi connectivity index (χ3v) is 1.87. The summed E-state index contributed by atoms with van der Waals surface area (Å²) in [6.07, 6.45) is 0.418. The predicted molar refractivity (Wildman–Crippen MR) is 64.2 cm³/mol. The van der Waals surface area contributed by atoms with Gasteiger partial charge in [0.05, 0.1) is 0 Å². The number of thiocarbonyl (C=S) groups is 1. The minimum absolute atomic E-state index is 0.104. The van der Waals surface area contributed by atoms with Crippen molar-refractivity contribution in [1.82, 2.24) is 10.9 Å². The third kappa shape index (κ3) is 4.42. The second-order valence-corrected chi connectivity index (χ2v) is 3.26. The third-order valence-electron chi connectivity index (χ3n) is 1.67. The molecule has 0 saturated carbocycles. The number of para-hydroxylation sites is 1. The van der Waals surface area contributed by atoms with Crippen molar-refractivity contribution in [3.05, 3.63) is 30.3 Å². The fraction of sp³-hybridized carbons (Fsp3) is 0.200. The normalized spacial score (nSPS) is 9.13. The highest BCUT2D eigenvalue weighted by Gasteiger charge is 1.98. The first-order valence-electron chi connectivity index (χ1n) is 4.63. The average Bonchev–Trinajstić information content (AvgIpc) is 2.27. The van der Waals surface area contributed by atoms with Crippen LogP contribution in [0, 0.1) is 0 Å². The van der Waals surface area contributed by atoms with Crippen LogP contribution in [0.2, 0.25) is 0 Å². The van der Waals surface area contributed by atoms with E-state index in [1.165, 1.54) is 0 Å². The van der Waals surface area contributed by atoms with E-state index in [-0.39, 0.29) is 5.91 Å². The van der Waals surface area contributed by atoms with Crippen LogP contribution in [0.4, 0.5) is 5.69 Å². The van der Waals surface area contributed by atoms with Gasteiger partial charge in [0.2, 0.25) is 5.91 Å². The average molecular weight is 223 g/mol. The summed E-state index contributed by atoms with van der Waals surface area (Å²) in [5.41, 5.74) is 5.94. The summed E-state index contributed by atoms with van der Waals surface area (Å²) in [6.45, 7) is 1.77. The van der Waals surface area contributed by atoms with Gasteiger partial charge >= 0.3 is 0 Å². The van der Waals surface area contributed by atoms with Crippen molar-refractivity contribution >= 4 is 28.9 Å². The Bertz CT molecular complexity index is 340. The number of hydrazine groups is 1.